The molecule has 1 unspecified atom stereocenters. The van der Waals surface area contributed by atoms with Crippen molar-refractivity contribution in [3.05, 3.63) is 23.2 Å². The molecule has 106 valence electrons. The Labute approximate surface area is 119 Å². The summed E-state index contributed by atoms with van der Waals surface area (Å²) in [6, 6.07) is 5.52. The van der Waals surface area contributed by atoms with E-state index in [0.29, 0.717) is 11.6 Å². The van der Waals surface area contributed by atoms with Gasteiger partial charge in [-0.25, -0.2) is 0 Å². The fourth-order valence-electron chi connectivity index (χ4n) is 1.77. The van der Waals surface area contributed by atoms with E-state index in [9.17, 15) is 4.79 Å². The van der Waals surface area contributed by atoms with E-state index in [1.165, 1.54) is 0 Å². The second-order valence-corrected chi connectivity index (χ2v) is 5.29. The predicted molar refractivity (Wildman–Crippen MR) is 81.9 cm³/mol. The van der Waals surface area contributed by atoms with Crippen LogP contribution in [0.2, 0.25) is 5.02 Å². The van der Waals surface area contributed by atoms with E-state index in [1.54, 1.807) is 6.07 Å². The molecule has 1 atom stereocenters. The van der Waals surface area contributed by atoms with Crippen molar-refractivity contribution in [2.45, 2.75) is 19.8 Å². The Kier molecular flexibility index (Phi) is 6.12. The lowest BCUT2D eigenvalue weighted by atomic mass is 10.0. The van der Waals surface area contributed by atoms with Crippen LogP contribution in [0.25, 0.3) is 0 Å². The zero-order valence-corrected chi connectivity index (χ0v) is 12.5. The highest BCUT2D eigenvalue weighted by atomic mass is 35.5. The van der Waals surface area contributed by atoms with Gasteiger partial charge < -0.3 is 16.0 Å². The number of rotatable bonds is 6. The molecule has 0 spiro atoms. The van der Waals surface area contributed by atoms with Gasteiger partial charge in [0.15, 0.2) is 0 Å². The Bertz CT molecular complexity index is 435. The summed E-state index contributed by atoms with van der Waals surface area (Å²) in [6.07, 6.45) is 1.65. The maximum Gasteiger partial charge on any atom is 0.227 e. The second kappa shape index (κ2) is 7.36. The summed E-state index contributed by atoms with van der Waals surface area (Å²) in [5.74, 6) is -0.0435. The minimum Gasteiger partial charge on any atom is -0.376 e. The van der Waals surface area contributed by atoms with Crippen molar-refractivity contribution in [3.63, 3.8) is 0 Å². The fourth-order valence-corrected chi connectivity index (χ4v) is 2.12. The first-order chi connectivity index (χ1) is 8.95. The number of nitrogens with one attached hydrogen (secondary N) is 1. The summed E-state index contributed by atoms with van der Waals surface area (Å²) in [6.45, 7) is 2.52. The number of hydrogen-bond acceptors (Lipinski definition) is 3. The van der Waals surface area contributed by atoms with Crippen LogP contribution in [-0.2, 0) is 4.79 Å². The average molecular weight is 284 g/mol. The standard InChI is InChI=1S/C14H22ClN3O/c1-10(5-4-8-16)14(19)17-11-6-7-13(18(2)3)12(15)9-11/h6-7,9-10H,4-5,8,16H2,1-3H3,(H,17,19). The highest BCUT2D eigenvalue weighted by Gasteiger charge is 2.13. The molecule has 1 amide bonds. The van der Waals surface area contributed by atoms with Crippen LogP contribution in [0, 0.1) is 5.92 Å². The van der Waals surface area contributed by atoms with Gasteiger partial charge in [0.1, 0.15) is 0 Å². The number of anilines is 2. The van der Waals surface area contributed by atoms with E-state index in [1.807, 2.05) is 38.1 Å². The molecule has 1 aromatic carbocycles. The molecule has 3 N–H and O–H groups in total. The predicted octanol–water partition coefficient (Wildman–Crippen LogP) is 2.72. The Morgan fingerprint density at radius 1 is 1.47 bits per heavy atom. The Balaban J connectivity index is 2.67. The largest absolute Gasteiger partial charge is 0.376 e. The van der Waals surface area contributed by atoms with E-state index in [-0.39, 0.29) is 11.8 Å². The second-order valence-electron chi connectivity index (χ2n) is 4.88. The van der Waals surface area contributed by atoms with Gasteiger partial charge in [0.2, 0.25) is 5.91 Å². The zero-order chi connectivity index (χ0) is 14.4. The van der Waals surface area contributed by atoms with E-state index < -0.39 is 0 Å². The molecule has 0 aliphatic heterocycles. The third-order valence-electron chi connectivity index (χ3n) is 2.99. The quantitative estimate of drug-likeness (QED) is 0.844. The van der Waals surface area contributed by atoms with Crippen molar-refractivity contribution >= 4 is 28.9 Å². The third kappa shape index (κ3) is 4.73. The van der Waals surface area contributed by atoms with E-state index in [0.717, 1.165) is 24.2 Å². The Morgan fingerprint density at radius 2 is 2.16 bits per heavy atom. The van der Waals surface area contributed by atoms with Crippen molar-refractivity contribution in [1.82, 2.24) is 0 Å². The molecular formula is C14H22ClN3O. The molecule has 4 nitrogen and oxygen atoms in total. The van der Waals surface area contributed by atoms with Crippen LogP contribution < -0.4 is 16.0 Å². The molecule has 0 fully saturated rings. The molecule has 1 aromatic rings. The SMILES string of the molecule is CC(CCCN)C(=O)Nc1ccc(N(C)C)c(Cl)c1. The fraction of sp³-hybridized carbons (Fsp3) is 0.500. The van der Waals surface area contributed by atoms with Crippen LogP contribution in [0.15, 0.2) is 18.2 Å². The number of benzene rings is 1. The third-order valence-corrected chi connectivity index (χ3v) is 3.29. The smallest absolute Gasteiger partial charge is 0.227 e. The number of nitrogens with two attached hydrogens (primary N) is 1. The molecule has 0 radical (unpaired) electrons. The van der Waals surface area contributed by atoms with Gasteiger partial charge in [-0.15, -0.1) is 0 Å². The first kappa shape index (κ1) is 15.8. The minimum atomic E-state index is -0.0455. The normalized spacial score (nSPS) is 12.1. The highest BCUT2D eigenvalue weighted by Crippen LogP contribution is 2.27. The number of carbonyl (C=O) groups excluding carboxylic acids is 1. The number of nitrogens with zero attached hydrogens (tertiary/aromatic N) is 1. The summed E-state index contributed by atoms with van der Waals surface area (Å²) in [5, 5.41) is 3.50. The van der Waals surface area contributed by atoms with Gasteiger partial charge in [-0.05, 0) is 37.6 Å². The van der Waals surface area contributed by atoms with Crippen molar-refractivity contribution in [2.75, 3.05) is 30.9 Å². The van der Waals surface area contributed by atoms with Crippen LogP contribution in [0.4, 0.5) is 11.4 Å². The molecule has 0 heterocycles. The first-order valence-electron chi connectivity index (χ1n) is 6.43. The number of halogens is 1. The van der Waals surface area contributed by atoms with Crippen molar-refractivity contribution < 1.29 is 4.79 Å². The highest BCUT2D eigenvalue weighted by molar-refractivity contribution is 6.33. The van der Waals surface area contributed by atoms with Gasteiger partial charge in [0, 0.05) is 25.7 Å². The van der Waals surface area contributed by atoms with Gasteiger partial charge in [0.25, 0.3) is 0 Å². The number of amides is 1. The Morgan fingerprint density at radius 3 is 2.68 bits per heavy atom. The summed E-state index contributed by atoms with van der Waals surface area (Å²) in [7, 11) is 3.85. The minimum absolute atomic E-state index is 0.00196. The van der Waals surface area contributed by atoms with Gasteiger partial charge >= 0.3 is 0 Å². The molecule has 5 heteroatoms. The average Bonchev–Trinajstić information content (AvgIpc) is 2.35. The molecule has 1 rings (SSSR count). The molecule has 0 bridgehead atoms. The van der Waals surface area contributed by atoms with Gasteiger partial charge in [-0.2, -0.15) is 0 Å². The van der Waals surface area contributed by atoms with Crippen molar-refractivity contribution in [1.29, 1.82) is 0 Å². The molecular weight excluding hydrogens is 262 g/mol. The zero-order valence-electron chi connectivity index (χ0n) is 11.7. The van der Waals surface area contributed by atoms with Crippen molar-refractivity contribution in [3.8, 4) is 0 Å². The Hall–Kier alpha value is -1.26. The van der Waals surface area contributed by atoms with Crippen LogP contribution in [0.1, 0.15) is 19.8 Å². The van der Waals surface area contributed by atoms with E-state index >= 15 is 0 Å². The monoisotopic (exact) mass is 283 g/mol. The van der Waals surface area contributed by atoms with Crippen molar-refractivity contribution in [2.24, 2.45) is 11.7 Å². The number of carbonyl (C=O) groups is 1. The topological polar surface area (TPSA) is 58.4 Å². The molecule has 0 aromatic heterocycles. The summed E-state index contributed by atoms with van der Waals surface area (Å²) in [4.78, 5) is 13.9. The lowest BCUT2D eigenvalue weighted by Crippen LogP contribution is -2.21. The maximum atomic E-state index is 11.9. The van der Waals surface area contributed by atoms with Gasteiger partial charge in [-0.3, -0.25) is 4.79 Å². The molecule has 19 heavy (non-hydrogen) atoms. The summed E-state index contributed by atoms with van der Waals surface area (Å²) >= 11 is 6.16. The lowest BCUT2D eigenvalue weighted by molar-refractivity contribution is -0.119. The van der Waals surface area contributed by atoms with E-state index in [4.69, 9.17) is 17.3 Å². The number of hydrogen-bond donors (Lipinski definition) is 2. The van der Waals surface area contributed by atoms with Crippen LogP contribution in [-0.4, -0.2) is 26.5 Å². The summed E-state index contributed by atoms with van der Waals surface area (Å²) in [5.41, 5.74) is 7.09. The molecule has 0 aliphatic rings. The van der Waals surface area contributed by atoms with Crippen LogP contribution in [0.3, 0.4) is 0 Å². The molecule has 0 aliphatic carbocycles. The summed E-state index contributed by atoms with van der Waals surface area (Å²) < 4.78 is 0. The molecule has 0 saturated heterocycles. The van der Waals surface area contributed by atoms with Gasteiger partial charge in [0.05, 0.1) is 10.7 Å². The lowest BCUT2D eigenvalue weighted by Gasteiger charge is -2.16. The maximum absolute atomic E-state index is 11.9. The molecule has 0 saturated carbocycles. The van der Waals surface area contributed by atoms with Gasteiger partial charge in [-0.1, -0.05) is 18.5 Å². The van der Waals surface area contributed by atoms with E-state index in [2.05, 4.69) is 5.32 Å². The first-order valence-corrected chi connectivity index (χ1v) is 6.81. The van der Waals surface area contributed by atoms with Crippen LogP contribution in [0.5, 0.6) is 0 Å². The van der Waals surface area contributed by atoms with Crippen LogP contribution >= 0.6 is 11.6 Å².